The minimum Gasteiger partial charge on any atom is -0.472 e. The van der Waals surface area contributed by atoms with Crippen LogP contribution in [0.4, 0.5) is 4.39 Å². The highest BCUT2D eigenvalue weighted by molar-refractivity contribution is 9.10. The zero-order valence-corrected chi connectivity index (χ0v) is 17.1. The van der Waals surface area contributed by atoms with E-state index in [1.807, 2.05) is 38.1 Å². The zero-order valence-electron chi connectivity index (χ0n) is 15.6. The van der Waals surface area contributed by atoms with E-state index in [2.05, 4.69) is 20.9 Å². The molecule has 1 aromatic heterocycles. The molecule has 0 saturated heterocycles. The van der Waals surface area contributed by atoms with Crippen LogP contribution in [0.3, 0.4) is 0 Å². The lowest BCUT2D eigenvalue weighted by Gasteiger charge is -2.13. The molecule has 0 atom stereocenters. The van der Waals surface area contributed by atoms with Crippen molar-refractivity contribution in [3.8, 4) is 5.88 Å². The van der Waals surface area contributed by atoms with Crippen molar-refractivity contribution in [2.24, 2.45) is 5.73 Å². The molecule has 2 rings (SSSR count). The third kappa shape index (κ3) is 6.07. The number of hydrogen-bond acceptors (Lipinski definition) is 4. The lowest BCUT2D eigenvalue weighted by Crippen LogP contribution is -2.26. The molecule has 142 valence electrons. The number of rotatable bonds is 6. The average molecular weight is 426 g/mol. The fourth-order valence-corrected chi connectivity index (χ4v) is 2.59. The Morgan fingerprint density at radius 3 is 2.65 bits per heavy atom. The molecule has 0 spiro atoms. The molecule has 0 radical (unpaired) electrons. The van der Waals surface area contributed by atoms with Gasteiger partial charge in [-0.25, -0.2) is 4.39 Å². The number of aryl methyl sites for hydroxylation is 1. The highest BCUT2D eigenvalue weighted by atomic mass is 79.9. The van der Waals surface area contributed by atoms with Gasteiger partial charge in [-0.2, -0.15) is 4.98 Å². The van der Waals surface area contributed by atoms with Gasteiger partial charge in [0, 0.05) is 6.54 Å². The van der Waals surface area contributed by atoms with Gasteiger partial charge in [-0.05, 0) is 47.0 Å². The van der Waals surface area contributed by atoms with Gasteiger partial charge >= 0.3 is 0 Å². The van der Waals surface area contributed by atoms with Crippen molar-refractivity contribution in [3.05, 3.63) is 67.9 Å². The van der Waals surface area contributed by atoms with Crippen molar-refractivity contribution in [2.45, 2.75) is 40.8 Å². The van der Waals surface area contributed by atoms with E-state index in [1.165, 1.54) is 13.0 Å². The maximum Gasteiger partial charge on any atom is 0.272 e. The van der Waals surface area contributed by atoms with E-state index in [0.717, 1.165) is 11.1 Å². The third-order valence-electron chi connectivity index (χ3n) is 3.43. The molecule has 2 aromatic rings. The summed E-state index contributed by atoms with van der Waals surface area (Å²) in [7, 11) is 0. The van der Waals surface area contributed by atoms with Crippen LogP contribution in [0.5, 0.6) is 5.88 Å². The number of ether oxygens (including phenoxy) is 1. The first kappa shape index (κ1) is 22.1. The number of allylic oxidation sites excluding steroid dienone is 1. The molecule has 0 fully saturated rings. The summed E-state index contributed by atoms with van der Waals surface area (Å²) in [4.78, 5) is 16.8. The zero-order chi connectivity index (χ0) is 19.7. The summed E-state index contributed by atoms with van der Waals surface area (Å²) < 4.78 is 19.8. The second kappa shape index (κ2) is 10.9. The fraction of sp³-hybridized carbons (Fsp3) is 0.368. The molecule has 0 aliphatic heterocycles. The standard InChI is InChI=1S/C17H19BrFN3O2.C2H6/c1-11(19)6-7-24-16-15(18)17(23)22(12(2)21-16)10-14-5-3-4-13(8-14)9-20;1-2/h3-6,8H,7,9-10,20H2,1-2H3;1-2H3. The van der Waals surface area contributed by atoms with Crippen LogP contribution in [0.15, 0.2) is 45.4 Å². The van der Waals surface area contributed by atoms with E-state index >= 15 is 0 Å². The molecule has 5 nitrogen and oxygen atoms in total. The van der Waals surface area contributed by atoms with Crippen molar-refractivity contribution in [2.75, 3.05) is 6.61 Å². The Balaban J connectivity index is 0.00000163. The lowest BCUT2D eigenvalue weighted by molar-refractivity contribution is 0.338. The smallest absolute Gasteiger partial charge is 0.272 e. The van der Waals surface area contributed by atoms with Gasteiger partial charge in [-0.15, -0.1) is 0 Å². The van der Waals surface area contributed by atoms with E-state index in [4.69, 9.17) is 10.5 Å². The van der Waals surface area contributed by atoms with Gasteiger partial charge in [-0.3, -0.25) is 9.36 Å². The maximum absolute atomic E-state index is 12.7. The van der Waals surface area contributed by atoms with Gasteiger partial charge in [0.2, 0.25) is 5.88 Å². The first-order valence-electron chi connectivity index (χ1n) is 8.42. The van der Waals surface area contributed by atoms with Crippen molar-refractivity contribution in [1.82, 2.24) is 9.55 Å². The Morgan fingerprint density at radius 1 is 1.38 bits per heavy atom. The predicted octanol–water partition coefficient (Wildman–Crippen LogP) is 4.10. The molecule has 1 heterocycles. The van der Waals surface area contributed by atoms with Crippen LogP contribution >= 0.6 is 15.9 Å². The third-order valence-corrected chi connectivity index (χ3v) is 4.11. The summed E-state index contributed by atoms with van der Waals surface area (Å²) in [5, 5.41) is 0. The first-order chi connectivity index (χ1) is 12.4. The van der Waals surface area contributed by atoms with Crippen LogP contribution in [0.1, 0.15) is 37.7 Å². The summed E-state index contributed by atoms with van der Waals surface area (Å²) in [6.45, 7) is 7.88. The summed E-state index contributed by atoms with van der Waals surface area (Å²) in [6.07, 6.45) is 1.27. The molecule has 7 heteroatoms. The number of nitrogens with zero attached hydrogens (tertiary/aromatic N) is 2. The minimum atomic E-state index is -0.351. The Hall–Kier alpha value is -1.99. The molecule has 0 bridgehead atoms. The normalized spacial score (nSPS) is 11.0. The summed E-state index contributed by atoms with van der Waals surface area (Å²) in [5.74, 6) is 0.315. The fourth-order valence-electron chi connectivity index (χ4n) is 2.17. The number of aromatic nitrogens is 2. The molecular weight excluding hydrogens is 401 g/mol. The van der Waals surface area contributed by atoms with Gasteiger partial charge < -0.3 is 10.5 Å². The number of benzene rings is 1. The van der Waals surface area contributed by atoms with E-state index in [-0.39, 0.29) is 28.3 Å². The molecule has 0 amide bonds. The van der Waals surface area contributed by atoms with E-state index in [1.54, 1.807) is 11.5 Å². The summed E-state index contributed by atoms with van der Waals surface area (Å²) in [5.41, 5.74) is 7.35. The van der Waals surface area contributed by atoms with Crippen molar-refractivity contribution >= 4 is 15.9 Å². The minimum absolute atomic E-state index is 0.00930. The molecule has 2 N–H and O–H groups in total. The average Bonchev–Trinajstić information content (AvgIpc) is 2.64. The van der Waals surface area contributed by atoms with Crippen LogP contribution < -0.4 is 16.0 Å². The molecule has 0 aliphatic carbocycles. The molecular formula is C19H25BrFN3O2. The number of hydrogen-bond donors (Lipinski definition) is 1. The van der Waals surface area contributed by atoms with Gasteiger partial charge in [-0.1, -0.05) is 38.1 Å². The van der Waals surface area contributed by atoms with Crippen LogP contribution in [0.2, 0.25) is 0 Å². The second-order valence-electron chi connectivity index (χ2n) is 5.30. The molecule has 0 unspecified atom stereocenters. The van der Waals surface area contributed by atoms with Gasteiger partial charge in [0.05, 0.1) is 12.4 Å². The lowest BCUT2D eigenvalue weighted by atomic mass is 10.1. The SMILES string of the molecule is CC.CC(F)=CCOc1nc(C)n(Cc2cccc(CN)c2)c(=O)c1Br. The van der Waals surface area contributed by atoms with E-state index < -0.39 is 0 Å². The topological polar surface area (TPSA) is 70.1 Å². The Bertz CT molecular complexity index is 815. The Morgan fingerprint density at radius 2 is 2.04 bits per heavy atom. The van der Waals surface area contributed by atoms with Crippen LogP contribution in [-0.2, 0) is 13.1 Å². The van der Waals surface area contributed by atoms with E-state index in [9.17, 15) is 9.18 Å². The van der Waals surface area contributed by atoms with Crippen LogP contribution in [0, 0.1) is 6.92 Å². The summed E-state index contributed by atoms with van der Waals surface area (Å²) >= 11 is 3.22. The first-order valence-corrected chi connectivity index (χ1v) is 9.21. The summed E-state index contributed by atoms with van der Waals surface area (Å²) in [6, 6.07) is 7.73. The molecule has 26 heavy (non-hydrogen) atoms. The number of halogens is 2. The van der Waals surface area contributed by atoms with Crippen LogP contribution in [-0.4, -0.2) is 16.2 Å². The second-order valence-corrected chi connectivity index (χ2v) is 6.09. The largest absolute Gasteiger partial charge is 0.472 e. The quantitative estimate of drug-likeness (QED) is 0.755. The van der Waals surface area contributed by atoms with Crippen molar-refractivity contribution in [3.63, 3.8) is 0 Å². The Kier molecular flexibility index (Phi) is 9.23. The van der Waals surface area contributed by atoms with Crippen molar-refractivity contribution in [1.29, 1.82) is 0 Å². The molecule has 0 aliphatic rings. The van der Waals surface area contributed by atoms with Gasteiger partial charge in [0.1, 0.15) is 16.9 Å². The van der Waals surface area contributed by atoms with Crippen molar-refractivity contribution < 1.29 is 9.13 Å². The highest BCUT2D eigenvalue weighted by Crippen LogP contribution is 2.19. The molecule has 1 aromatic carbocycles. The maximum atomic E-state index is 12.7. The Labute approximate surface area is 161 Å². The highest BCUT2D eigenvalue weighted by Gasteiger charge is 2.14. The van der Waals surface area contributed by atoms with Crippen LogP contribution in [0.25, 0.3) is 0 Å². The van der Waals surface area contributed by atoms with E-state index in [0.29, 0.717) is 18.9 Å². The molecule has 0 saturated carbocycles. The van der Waals surface area contributed by atoms with Gasteiger partial charge in [0.15, 0.2) is 0 Å². The predicted molar refractivity (Wildman–Crippen MR) is 106 cm³/mol. The van der Waals surface area contributed by atoms with Gasteiger partial charge in [0.25, 0.3) is 5.56 Å². The number of nitrogens with two attached hydrogens (primary N) is 1. The monoisotopic (exact) mass is 425 g/mol.